The van der Waals surface area contributed by atoms with Gasteiger partial charge in [0.25, 0.3) is 0 Å². The molecule has 0 aliphatic rings. The number of methoxy groups -OCH3 is 2. The van der Waals surface area contributed by atoms with Crippen molar-refractivity contribution in [2.75, 3.05) is 20.8 Å². The van der Waals surface area contributed by atoms with Crippen LogP contribution in [0.4, 0.5) is 0 Å². The van der Waals surface area contributed by atoms with Crippen molar-refractivity contribution in [2.45, 2.75) is 26.4 Å². The lowest BCUT2D eigenvalue weighted by Gasteiger charge is -2.26. The highest BCUT2D eigenvalue weighted by atomic mass is 79.9. The molecule has 0 N–H and O–H groups in total. The summed E-state index contributed by atoms with van der Waals surface area (Å²) in [4.78, 5) is 11.9. The molecule has 6 heteroatoms. The van der Waals surface area contributed by atoms with Crippen LogP contribution < -0.4 is 14.2 Å². The van der Waals surface area contributed by atoms with E-state index >= 15 is 0 Å². The molecule has 1 rings (SSSR count). The first-order chi connectivity index (χ1) is 9.37. The number of ether oxygens (including phenoxy) is 4. The van der Waals surface area contributed by atoms with E-state index in [2.05, 4.69) is 15.9 Å². The van der Waals surface area contributed by atoms with Gasteiger partial charge in [0, 0.05) is 0 Å². The number of esters is 1. The third kappa shape index (κ3) is 3.56. The highest BCUT2D eigenvalue weighted by molar-refractivity contribution is 9.10. The zero-order valence-corrected chi connectivity index (χ0v) is 13.9. The Bertz CT molecular complexity index is 485. The SMILES string of the molecule is CCOC(=O)C(C)(C)Oc1c(Br)ccc(OC)c1OC. The van der Waals surface area contributed by atoms with Crippen LogP contribution in [0.25, 0.3) is 0 Å². The fourth-order valence-corrected chi connectivity index (χ4v) is 1.96. The van der Waals surface area contributed by atoms with E-state index in [-0.39, 0.29) is 0 Å². The van der Waals surface area contributed by atoms with Crippen molar-refractivity contribution in [3.63, 3.8) is 0 Å². The maximum atomic E-state index is 11.9. The van der Waals surface area contributed by atoms with Crippen LogP contribution >= 0.6 is 15.9 Å². The third-order valence-corrected chi connectivity index (χ3v) is 3.20. The highest BCUT2D eigenvalue weighted by Gasteiger charge is 2.34. The number of halogens is 1. The molecule has 0 saturated heterocycles. The molecule has 0 saturated carbocycles. The van der Waals surface area contributed by atoms with E-state index in [1.54, 1.807) is 32.9 Å². The van der Waals surface area contributed by atoms with Crippen LogP contribution in [0, 0.1) is 0 Å². The Balaban J connectivity index is 3.16. The van der Waals surface area contributed by atoms with Crippen LogP contribution in [0.15, 0.2) is 16.6 Å². The zero-order chi connectivity index (χ0) is 15.3. The van der Waals surface area contributed by atoms with Gasteiger partial charge in [-0.1, -0.05) is 0 Å². The molecule has 0 fully saturated rings. The molecule has 0 atom stereocenters. The minimum Gasteiger partial charge on any atom is -0.493 e. The Morgan fingerprint density at radius 3 is 2.35 bits per heavy atom. The summed E-state index contributed by atoms with van der Waals surface area (Å²) in [5, 5.41) is 0. The summed E-state index contributed by atoms with van der Waals surface area (Å²) in [5.41, 5.74) is -1.14. The molecule has 0 aliphatic carbocycles. The quantitative estimate of drug-likeness (QED) is 0.740. The van der Waals surface area contributed by atoms with Crippen LogP contribution in [-0.4, -0.2) is 32.4 Å². The molecule has 1 aromatic carbocycles. The van der Waals surface area contributed by atoms with Gasteiger partial charge in [0.15, 0.2) is 17.1 Å². The minimum atomic E-state index is -1.14. The largest absolute Gasteiger partial charge is 0.493 e. The van der Waals surface area contributed by atoms with E-state index in [4.69, 9.17) is 18.9 Å². The summed E-state index contributed by atoms with van der Waals surface area (Å²) in [6.45, 7) is 5.31. The number of benzene rings is 1. The second-order valence-corrected chi connectivity index (χ2v) is 5.30. The predicted molar refractivity (Wildman–Crippen MR) is 78.6 cm³/mol. The first-order valence-corrected chi connectivity index (χ1v) is 6.93. The van der Waals surface area contributed by atoms with Crippen molar-refractivity contribution >= 4 is 21.9 Å². The topological polar surface area (TPSA) is 54.0 Å². The molecular formula is C14H19BrO5. The van der Waals surface area contributed by atoms with E-state index in [9.17, 15) is 4.79 Å². The van der Waals surface area contributed by atoms with Gasteiger partial charge in [-0.05, 0) is 48.8 Å². The Labute approximate surface area is 127 Å². The van der Waals surface area contributed by atoms with Gasteiger partial charge in [0.05, 0.1) is 25.3 Å². The summed E-state index contributed by atoms with van der Waals surface area (Å²) < 4.78 is 22.0. The lowest BCUT2D eigenvalue weighted by atomic mass is 10.1. The van der Waals surface area contributed by atoms with Gasteiger partial charge in [-0.15, -0.1) is 0 Å². The van der Waals surface area contributed by atoms with Gasteiger partial charge in [0.1, 0.15) is 0 Å². The van der Waals surface area contributed by atoms with Gasteiger partial charge in [-0.3, -0.25) is 0 Å². The van der Waals surface area contributed by atoms with Gasteiger partial charge in [-0.2, -0.15) is 0 Å². The normalized spacial score (nSPS) is 10.9. The summed E-state index contributed by atoms with van der Waals surface area (Å²) >= 11 is 3.38. The fourth-order valence-electron chi connectivity index (χ4n) is 1.57. The summed E-state index contributed by atoms with van der Waals surface area (Å²) in [5.74, 6) is 0.881. The monoisotopic (exact) mass is 346 g/mol. The average Bonchev–Trinajstić information content (AvgIpc) is 2.40. The molecule has 0 spiro atoms. The van der Waals surface area contributed by atoms with Gasteiger partial charge < -0.3 is 18.9 Å². The molecule has 0 amide bonds. The van der Waals surface area contributed by atoms with Crippen LogP contribution in [-0.2, 0) is 9.53 Å². The predicted octanol–water partition coefficient (Wildman–Crippen LogP) is 3.19. The molecule has 112 valence electrons. The Kier molecular flexibility index (Phi) is 5.68. The zero-order valence-electron chi connectivity index (χ0n) is 12.3. The highest BCUT2D eigenvalue weighted by Crippen LogP contribution is 2.44. The molecular weight excluding hydrogens is 328 g/mol. The maximum absolute atomic E-state index is 11.9. The molecule has 0 aromatic heterocycles. The Hall–Kier alpha value is -1.43. The fraction of sp³-hybridized carbons (Fsp3) is 0.500. The van der Waals surface area contributed by atoms with Gasteiger partial charge >= 0.3 is 5.97 Å². The summed E-state index contributed by atoms with van der Waals surface area (Å²) in [7, 11) is 3.04. The Morgan fingerprint density at radius 1 is 1.20 bits per heavy atom. The number of rotatable bonds is 6. The lowest BCUT2D eigenvalue weighted by molar-refractivity contribution is -0.158. The van der Waals surface area contributed by atoms with E-state index in [0.29, 0.717) is 28.3 Å². The Morgan fingerprint density at radius 2 is 1.85 bits per heavy atom. The first-order valence-electron chi connectivity index (χ1n) is 6.14. The molecule has 0 aliphatic heterocycles. The van der Waals surface area contributed by atoms with Crippen molar-refractivity contribution < 1.29 is 23.7 Å². The van der Waals surface area contributed by atoms with E-state index in [1.807, 2.05) is 0 Å². The van der Waals surface area contributed by atoms with Crippen molar-refractivity contribution in [2.24, 2.45) is 0 Å². The van der Waals surface area contributed by atoms with Gasteiger partial charge in [0.2, 0.25) is 5.75 Å². The number of hydrogen-bond acceptors (Lipinski definition) is 5. The third-order valence-electron chi connectivity index (χ3n) is 2.58. The van der Waals surface area contributed by atoms with Crippen LogP contribution in [0.5, 0.6) is 17.2 Å². The average molecular weight is 347 g/mol. The molecule has 0 heterocycles. The van der Waals surface area contributed by atoms with E-state index < -0.39 is 11.6 Å². The molecule has 0 bridgehead atoms. The smallest absolute Gasteiger partial charge is 0.349 e. The number of carbonyl (C=O) groups excluding carboxylic acids is 1. The van der Waals surface area contributed by atoms with Crippen molar-refractivity contribution in [1.82, 2.24) is 0 Å². The lowest BCUT2D eigenvalue weighted by Crippen LogP contribution is -2.39. The molecule has 0 unspecified atom stereocenters. The van der Waals surface area contributed by atoms with Crippen LogP contribution in [0.2, 0.25) is 0 Å². The van der Waals surface area contributed by atoms with Gasteiger partial charge in [-0.25, -0.2) is 4.79 Å². The molecule has 0 radical (unpaired) electrons. The number of hydrogen-bond donors (Lipinski definition) is 0. The van der Waals surface area contributed by atoms with Crippen molar-refractivity contribution in [1.29, 1.82) is 0 Å². The van der Waals surface area contributed by atoms with Crippen molar-refractivity contribution in [3.05, 3.63) is 16.6 Å². The number of carbonyl (C=O) groups is 1. The molecule has 1 aromatic rings. The van der Waals surface area contributed by atoms with Crippen molar-refractivity contribution in [3.8, 4) is 17.2 Å². The summed E-state index contributed by atoms with van der Waals surface area (Å²) in [6, 6.07) is 3.51. The summed E-state index contributed by atoms with van der Waals surface area (Å²) in [6.07, 6.45) is 0. The standard InChI is InChI=1S/C14H19BrO5/c1-6-19-13(16)14(2,3)20-11-9(15)7-8-10(17-4)12(11)18-5/h7-8H,6H2,1-5H3. The second kappa shape index (κ2) is 6.83. The second-order valence-electron chi connectivity index (χ2n) is 4.44. The minimum absolute atomic E-state index is 0.294. The molecule has 5 nitrogen and oxygen atoms in total. The van der Waals surface area contributed by atoms with E-state index in [1.165, 1.54) is 14.2 Å². The first kappa shape index (κ1) is 16.6. The maximum Gasteiger partial charge on any atom is 0.349 e. The van der Waals surface area contributed by atoms with Crippen LogP contribution in [0.1, 0.15) is 20.8 Å². The molecule has 20 heavy (non-hydrogen) atoms. The van der Waals surface area contributed by atoms with E-state index in [0.717, 1.165) is 0 Å². The van der Waals surface area contributed by atoms with Crippen LogP contribution in [0.3, 0.4) is 0 Å².